The van der Waals surface area contributed by atoms with Crippen LogP contribution in [-0.4, -0.2) is 30.0 Å². The van der Waals surface area contributed by atoms with Gasteiger partial charge in [0.15, 0.2) is 0 Å². The summed E-state index contributed by atoms with van der Waals surface area (Å²) in [7, 11) is 3.87. The maximum absolute atomic E-state index is 12.0. The molecule has 0 atom stereocenters. The Hall–Kier alpha value is -3.35. The van der Waals surface area contributed by atoms with E-state index in [2.05, 4.69) is 20.6 Å². The number of aryl methyl sites for hydroxylation is 1. The van der Waals surface area contributed by atoms with E-state index in [1.165, 1.54) is 12.5 Å². The van der Waals surface area contributed by atoms with Crippen molar-refractivity contribution in [2.75, 3.05) is 29.6 Å². The molecule has 7 heteroatoms. The van der Waals surface area contributed by atoms with E-state index < -0.39 is 0 Å². The molecule has 0 fully saturated rings. The smallest absolute Gasteiger partial charge is 0.258 e. The van der Waals surface area contributed by atoms with Gasteiger partial charge in [-0.1, -0.05) is 0 Å². The molecule has 0 unspecified atom stereocenters. The van der Waals surface area contributed by atoms with Crippen molar-refractivity contribution in [2.24, 2.45) is 0 Å². The molecule has 0 saturated carbocycles. The maximum atomic E-state index is 12.0. The van der Waals surface area contributed by atoms with Gasteiger partial charge in [-0.05, 0) is 37.3 Å². The predicted molar refractivity (Wildman–Crippen MR) is 97.5 cm³/mol. The van der Waals surface area contributed by atoms with Crippen LogP contribution in [0.25, 0.3) is 0 Å². The van der Waals surface area contributed by atoms with Crippen molar-refractivity contribution in [3.05, 3.63) is 60.2 Å². The van der Waals surface area contributed by atoms with Crippen LogP contribution < -0.4 is 15.5 Å². The van der Waals surface area contributed by atoms with Gasteiger partial charge in [0, 0.05) is 37.2 Å². The average Bonchev–Trinajstić information content (AvgIpc) is 3.11. The minimum atomic E-state index is -0.216. The van der Waals surface area contributed by atoms with Gasteiger partial charge in [0.1, 0.15) is 12.1 Å². The van der Waals surface area contributed by atoms with Gasteiger partial charge in [0.25, 0.3) is 5.91 Å². The van der Waals surface area contributed by atoms with Crippen molar-refractivity contribution in [2.45, 2.75) is 6.92 Å². The van der Waals surface area contributed by atoms with Gasteiger partial charge in [-0.25, -0.2) is 4.98 Å². The highest BCUT2D eigenvalue weighted by atomic mass is 16.3. The summed E-state index contributed by atoms with van der Waals surface area (Å²) in [5.74, 6) is 1.14. The van der Waals surface area contributed by atoms with Gasteiger partial charge in [-0.2, -0.15) is 4.98 Å². The third-order valence-corrected chi connectivity index (χ3v) is 3.48. The fraction of sp³-hybridized carbons (Fsp3) is 0.167. The lowest BCUT2D eigenvalue weighted by Gasteiger charge is -2.14. The lowest BCUT2D eigenvalue weighted by Crippen LogP contribution is -2.12. The summed E-state index contributed by atoms with van der Waals surface area (Å²) in [4.78, 5) is 22.7. The fourth-order valence-corrected chi connectivity index (χ4v) is 2.20. The summed E-state index contributed by atoms with van der Waals surface area (Å²) in [5.41, 5.74) is 2.88. The second kappa shape index (κ2) is 7.04. The molecular weight excluding hydrogens is 318 g/mol. The quantitative estimate of drug-likeness (QED) is 0.742. The van der Waals surface area contributed by atoms with E-state index in [1.807, 2.05) is 56.3 Å². The number of aromatic nitrogens is 2. The third-order valence-electron chi connectivity index (χ3n) is 3.48. The summed E-state index contributed by atoms with van der Waals surface area (Å²) >= 11 is 0. The van der Waals surface area contributed by atoms with Gasteiger partial charge >= 0.3 is 0 Å². The lowest BCUT2D eigenvalue weighted by atomic mass is 10.2. The molecule has 0 bridgehead atoms. The SMILES string of the molecule is Cc1cc(N(C)C)nc(Nc2ccc(NC(=O)c3ccoc3)cc2)n1. The average molecular weight is 337 g/mol. The number of hydrogen-bond acceptors (Lipinski definition) is 6. The highest BCUT2D eigenvalue weighted by Crippen LogP contribution is 2.19. The zero-order chi connectivity index (χ0) is 17.8. The van der Waals surface area contributed by atoms with Gasteiger partial charge in [0.05, 0.1) is 11.8 Å². The number of nitrogens with one attached hydrogen (secondary N) is 2. The molecule has 3 rings (SSSR count). The maximum Gasteiger partial charge on any atom is 0.258 e. The van der Waals surface area contributed by atoms with Crippen LogP contribution in [0.5, 0.6) is 0 Å². The van der Waals surface area contributed by atoms with Crippen molar-refractivity contribution in [3.63, 3.8) is 0 Å². The standard InChI is InChI=1S/C18H19N5O2/c1-12-10-16(23(2)3)22-18(19-12)21-15-6-4-14(5-7-15)20-17(24)13-8-9-25-11-13/h4-11H,1-3H3,(H,20,24)(H,19,21,22). The first-order valence-corrected chi connectivity index (χ1v) is 7.75. The first kappa shape index (κ1) is 16.5. The molecule has 1 aromatic carbocycles. The van der Waals surface area contributed by atoms with Gasteiger partial charge in [-0.3, -0.25) is 4.79 Å². The van der Waals surface area contributed by atoms with Crippen molar-refractivity contribution < 1.29 is 9.21 Å². The third kappa shape index (κ3) is 4.14. The van der Waals surface area contributed by atoms with Crippen LogP contribution in [0.3, 0.4) is 0 Å². The molecule has 0 saturated heterocycles. The van der Waals surface area contributed by atoms with Gasteiger partial charge in [0.2, 0.25) is 5.95 Å². The monoisotopic (exact) mass is 337 g/mol. The molecule has 0 aliphatic carbocycles. The van der Waals surface area contributed by atoms with Crippen molar-refractivity contribution in [3.8, 4) is 0 Å². The molecule has 2 aromatic heterocycles. The van der Waals surface area contributed by atoms with Crippen molar-refractivity contribution in [1.29, 1.82) is 0 Å². The molecule has 7 nitrogen and oxygen atoms in total. The largest absolute Gasteiger partial charge is 0.472 e. The van der Waals surface area contributed by atoms with Crippen LogP contribution in [0.4, 0.5) is 23.1 Å². The molecule has 1 amide bonds. The van der Waals surface area contributed by atoms with E-state index in [0.29, 0.717) is 17.2 Å². The second-order valence-corrected chi connectivity index (χ2v) is 5.75. The number of rotatable bonds is 5. The number of carbonyl (C=O) groups is 1. The minimum Gasteiger partial charge on any atom is -0.472 e. The molecule has 0 aliphatic rings. The first-order chi connectivity index (χ1) is 12.0. The molecule has 0 radical (unpaired) electrons. The molecular formula is C18H19N5O2. The Labute approximate surface area is 145 Å². The Kier molecular flexibility index (Phi) is 4.65. The lowest BCUT2D eigenvalue weighted by molar-refractivity contribution is 0.102. The van der Waals surface area contributed by atoms with E-state index in [0.717, 1.165) is 17.2 Å². The number of furan rings is 1. The first-order valence-electron chi connectivity index (χ1n) is 7.75. The zero-order valence-electron chi connectivity index (χ0n) is 14.3. The Balaban J connectivity index is 1.70. The van der Waals surface area contributed by atoms with Crippen LogP contribution >= 0.6 is 0 Å². The zero-order valence-corrected chi connectivity index (χ0v) is 14.3. The van der Waals surface area contributed by atoms with E-state index in [1.54, 1.807) is 6.07 Å². The van der Waals surface area contributed by atoms with Crippen LogP contribution in [-0.2, 0) is 0 Å². The van der Waals surface area contributed by atoms with Crippen LogP contribution in [0.1, 0.15) is 16.1 Å². The molecule has 0 spiro atoms. The Bertz CT molecular complexity index is 858. The highest BCUT2D eigenvalue weighted by Gasteiger charge is 2.08. The van der Waals surface area contributed by atoms with E-state index in [4.69, 9.17) is 4.42 Å². The van der Waals surface area contributed by atoms with E-state index in [9.17, 15) is 4.79 Å². The van der Waals surface area contributed by atoms with Crippen molar-refractivity contribution in [1.82, 2.24) is 9.97 Å². The molecule has 128 valence electrons. The Morgan fingerprint density at radius 1 is 1.08 bits per heavy atom. The Morgan fingerprint density at radius 2 is 1.80 bits per heavy atom. The molecule has 3 aromatic rings. The molecule has 25 heavy (non-hydrogen) atoms. The molecule has 2 N–H and O–H groups in total. The van der Waals surface area contributed by atoms with Crippen LogP contribution in [0.15, 0.2) is 53.3 Å². The number of anilines is 4. The number of carbonyl (C=O) groups excluding carboxylic acids is 1. The minimum absolute atomic E-state index is 0.216. The second-order valence-electron chi connectivity index (χ2n) is 5.75. The summed E-state index contributed by atoms with van der Waals surface area (Å²) in [6.07, 6.45) is 2.87. The van der Waals surface area contributed by atoms with Crippen molar-refractivity contribution >= 4 is 29.0 Å². The number of amides is 1. The summed E-state index contributed by atoms with van der Waals surface area (Å²) in [5, 5.41) is 5.98. The summed E-state index contributed by atoms with van der Waals surface area (Å²) in [6.45, 7) is 1.92. The molecule has 2 heterocycles. The number of nitrogens with zero attached hydrogens (tertiary/aromatic N) is 3. The van der Waals surface area contributed by atoms with Crippen LogP contribution in [0.2, 0.25) is 0 Å². The van der Waals surface area contributed by atoms with E-state index >= 15 is 0 Å². The number of benzene rings is 1. The fourth-order valence-electron chi connectivity index (χ4n) is 2.20. The number of hydrogen-bond donors (Lipinski definition) is 2. The normalized spacial score (nSPS) is 10.4. The topological polar surface area (TPSA) is 83.3 Å². The Morgan fingerprint density at radius 3 is 2.44 bits per heavy atom. The van der Waals surface area contributed by atoms with E-state index in [-0.39, 0.29) is 5.91 Å². The van der Waals surface area contributed by atoms with Gasteiger partial charge in [-0.15, -0.1) is 0 Å². The predicted octanol–water partition coefficient (Wildman–Crippen LogP) is 3.44. The molecule has 0 aliphatic heterocycles. The summed E-state index contributed by atoms with van der Waals surface area (Å²) < 4.78 is 4.91. The van der Waals surface area contributed by atoms with Gasteiger partial charge < -0.3 is 20.0 Å². The van der Waals surface area contributed by atoms with Crippen LogP contribution in [0, 0.1) is 6.92 Å². The summed E-state index contributed by atoms with van der Waals surface area (Å²) in [6, 6.07) is 10.9. The highest BCUT2D eigenvalue weighted by molar-refractivity contribution is 6.04.